The molecular weight excluding hydrogens is 340 g/mol. The lowest BCUT2D eigenvalue weighted by molar-refractivity contribution is -0.139. The maximum Gasteiger partial charge on any atom is 0.338 e. The van der Waals surface area contributed by atoms with Crippen molar-refractivity contribution in [1.82, 2.24) is 10.6 Å². The molecule has 0 bridgehead atoms. The van der Waals surface area contributed by atoms with Crippen LogP contribution < -0.4 is 15.4 Å². The van der Waals surface area contributed by atoms with Gasteiger partial charge in [0.2, 0.25) is 0 Å². The summed E-state index contributed by atoms with van der Waals surface area (Å²) in [6, 6.07) is 5.45. The van der Waals surface area contributed by atoms with Crippen LogP contribution >= 0.6 is 0 Å². The summed E-state index contributed by atoms with van der Waals surface area (Å²) in [5.74, 6) is -0.517. The Hall–Kier alpha value is -3.03. The topological polar surface area (TPSA) is 103 Å². The van der Waals surface area contributed by atoms with E-state index in [0.29, 0.717) is 17.7 Å². The fourth-order valence-electron chi connectivity index (χ4n) is 2.52. The molecular formula is C18H22N2O6. The molecule has 1 aromatic carbocycles. The van der Waals surface area contributed by atoms with Gasteiger partial charge in [-0.25, -0.2) is 14.4 Å². The van der Waals surface area contributed by atoms with E-state index in [1.54, 1.807) is 31.2 Å². The quantitative estimate of drug-likeness (QED) is 0.717. The van der Waals surface area contributed by atoms with Crippen molar-refractivity contribution in [3.05, 3.63) is 41.1 Å². The highest BCUT2D eigenvalue weighted by Crippen LogP contribution is 2.18. The third-order valence-corrected chi connectivity index (χ3v) is 3.82. The van der Waals surface area contributed by atoms with Gasteiger partial charge in [0.05, 0.1) is 36.6 Å². The number of ether oxygens (including phenoxy) is 3. The van der Waals surface area contributed by atoms with Crippen LogP contribution in [0.1, 0.15) is 30.6 Å². The molecule has 2 rings (SSSR count). The Balaban J connectivity index is 2.17. The van der Waals surface area contributed by atoms with Gasteiger partial charge in [0.25, 0.3) is 0 Å². The molecule has 0 fully saturated rings. The van der Waals surface area contributed by atoms with Crippen LogP contribution in [-0.2, 0) is 14.3 Å². The smallest absolute Gasteiger partial charge is 0.338 e. The Bertz CT molecular complexity index is 711. The second-order valence-electron chi connectivity index (χ2n) is 5.48. The second-order valence-corrected chi connectivity index (χ2v) is 5.48. The second kappa shape index (κ2) is 8.89. The standard InChI is InChI=1S/C18H22N2O6/c1-4-13-15(17(22)25-5-2)14(20-18(23)19-13)10-26-16(21)11-6-8-12(24-3)9-7-11/h6-9,13H,4-5,10H2,1-3H3,(H2,19,20,23)/t13-/m0/s1. The highest BCUT2D eigenvalue weighted by Gasteiger charge is 2.32. The summed E-state index contributed by atoms with van der Waals surface area (Å²) in [6.45, 7) is 3.47. The van der Waals surface area contributed by atoms with E-state index in [0.717, 1.165) is 0 Å². The number of carbonyl (C=O) groups excluding carboxylic acids is 3. The van der Waals surface area contributed by atoms with Gasteiger partial charge in [-0.3, -0.25) is 0 Å². The zero-order valence-electron chi connectivity index (χ0n) is 15.0. The van der Waals surface area contributed by atoms with Crippen LogP contribution in [0, 0.1) is 0 Å². The third-order valence-electron chi connectivity index (χ3n) is 3.82. The molecule has 0 aromatic heterocycles. The summed E-state index contributed by atoms with van der Waals surface area (Å²) in [5, 5.41) is 5.18. The molecule has 1 aromatic rings. The van der Waals surface area contributed by atoms with Crippen molar-refractivity contribution in [2.45, 2.75) is 26.3 Å². The van der Waals surface area contributed by atoms with Crippen LogP contribution in [0.15, 0.2) is 35.5 Å². The van der Waals surface area contributed by atoms with Crippen molar-refractivity contribution in [3.63, 3.8) is 0 Å². The SMILES string of the molecule is CCOC(=O)C1=C(COC(=O)c2ccc(OC)cc2)NC(=O)N[C@H]1CC. The molecule has 1 atom stereocenters. The molecule has 8 heteroatoms. The van der Waals surface area contributed by atoms with E-state index in [1.165, 1.54) is 7.11 Å². The van der Waals surface area contributed by atoms with E-state index in [4.69, 9.17) is 14.2 Å². The minimum absolute atomic E-state index is 0.200. The predicted octanol–water partition coefficient (Wildman–Crippen LogP) is 1.76. The minimum Gasteiger partial charge on any atom is -0.497 e. The first-order valence-corrected chi connectivity index (χ1v) is 8.29. The van der Waals surface area contributed by atoms with Gasteiger partial charge in [-0.2, -0.15) is 0 Å². The Morgan fingerprint density at radius 3 is 2.35 bits per heavy atom. The van der Waals surface area contributed by atoms with Gasteiger partial charge in [-0.15, -0.1) is 0 Å². The predicted molar refractivity (Wildman–Crippen MR) is 92.7 cm³/mol. The zero-order valence-corrected chi connectivity index (χ0v) is 15.0. The molecule has 0 spiro atoms. The van der Waals surface area contributed by atoms with E-state index in [1.807, 2.05) is 6.92 Å². The average molecular weight is 362 g/mol. The lowest BCUT2D eigenvalue weighted by atomic mass is 10.0. The number of methoxy groups -OCH3 is 1. The normalized spacial score (nSPS) is 16.4. The van der Waals surface area contributed by atoms with Crippen LogP contribution in [0.2, 0.25) is 0 Å². The maximum absolute atomic E-state index is 12.2. The fraction of sp³-hybridized carbons (Fsp3) is 0.389. The number of esters is 2. The number of carbonyl (C=O) groups is 3. The molecule has 2 N–H and O–H groups in total. The molecule has 0 saturated heterocycles. The first kappa shape index (κ1) is 19.3. The van der Waals surface area contributed by atoms with Gasteiger partial charge in [-0.1, -0.05) is 6.92 Å². The monoisotopic (exact) mass is 362 g/mol. The van der Waals surface area contributed by atoms with Gasteiger partial charge >= 0.3 is 18.0 Å². The lowest BCUT2D eigenvalue weighted by Gasteiger charge is -2.28. The molecule has 1 heterocycles. The first-order chi connectivity index (χ1) is 12.5. The van der Waals surface area contributed by atoms with Crippen LogP contribution in [0.4, 0.5) is 4.79 Å². The van der Waals surface area contributed by atoms with Crippen LogP contribution in [0.25, 0.3) is 0 Å². The molecule has 140 valence electrons. The summed E-state index contributed by atoms with van der Waals surface area (Å²) in [4.78, 5) is 36.2. The number of hydrogen-bond acceptors (Lipinski definition) is 6. The molecule has 0 aliphatic carbocycles. The number of rotatable bonds is 7. The summed E-state index contributed by atoms with van der Waals surface area (Å²) >= 11 is 0. The summed E-state index contributed by atoms with van der Waals surface area (Å²) in [7, 11) is 1.53. The van der Waals surface area contributed by atoms with Crippen LogP contribution in [0.5, 0.6) is 5.75 Å². The summed E-state index contributed by atoms with van der Waals surface area (Å²) in [6.07, 6.45) is 0.498. The number of nitrogens with one attached hydrogen (secondary N) is 2. The largest absolute Gasteiger partial charge is 0.497 e. The molecule has 1 aliphatic rings. The van der Waals surface area contributed by atoms with Crippen molar-refractivity contribution >= 4 is 18.0 Å². The Morgan fingerprint density at radius 1 is 1.08 bits per heavy atom. The van der Waals surface area contributed by atoms with Gasteiger partial charge < -0.3 is 24.8 Å². The zero-order chi connectivity index (χ0) is 19.1. The summed E-state index contributed by atoms with van der Waals surface area (Å²) in [5.41, 5.74) is 0.814. The molecule has 0 saturated carbocycles. The maximum atomic E-state index is 12.2. The van der Waals surface area contributed by atoms with Crippen LogP contribution in [0.3, 0.4) is 0 Å². The van der Waals surface area contributed by atoms with Gasteiger partial charge in [0.1, 0.15) is 12.4 Å². The van der Waals surface area contributed by atoms with Gasteiger partial charge in [-0.05, 0) is 37.6 Å². The molecule has 1 aliphatic heterocycles. The molecule has 8 nitrogen and oxygen atoms in total. The highest BCUT2D eigenvalue weighted by molar-refractivity contribution is 5.95. The van der Waals surface area contributed by atoms with E-state index < -0.39 is 24.0 Å². The van der Waals surface area contributed by atoms with Gasteiger partial charge in [0, 0.05) is 0 Å². The molecule has 0 unspecified atom stereocenters. The number of urea groups is 1. The number of hydrogen-bond donors (Lipinski definition) is 2. The van der Waals surface area contributed by atoms with E-state index in [2.05, 4.69) is 10.6 Å². The average Bonchev–Trinajstić information content (AvgIpc) is 2.65. The van der Waals surface area contributed by atoms with E-state index >= 15 is 0 Å². The van der Waals surface area contributed by atoms with Crippen molar-refractivity contribution in [3.8, 4) is 5.75 Å². The molecule has 2 amide bonds. The lowest BCUT2D eigenvalue weighted by Crippen LogP contribution is -2.51. The Labute approximate surface area is 151 Å². The van der Waals surface area contributed by atoms with Crippen molar-refractivity contribution in [2.75, 3.05) is 20.3 Å². The van der Waals surface area contributed by atoms with Gasteiger partial charge in [0.15, 0.2) is 0 Å². The number of benzene rings is 1. The van der Waals surface area contributed by atoms with Crippen molar-refractivity contribution < 1.29 is 28.6 Å². The number of amides is 2. The molecule has 26 heavy (non-hydrogen) atoms. The van der Waals surface area contributed by atoms with E-state index in [-0.39, 0.29) is 24.5 Å². The van der Waals surface area contributed by atoms with E-state index in [9.17, 15) is 14.4 Å². The van der Waals surface area contributed by atoms with Crippen LogP contribution in [-0.4, -0.2) is 44.3 Å². The molecule has 0 radical (unpaired) electrons. The van der Waals surface area contributed by atoms with Crippen molar-refractivity contribution in [2.24, 2.45) is 0 Å². The first-order valence-electron chi connectivity index (χ1n) is 8.29. The fourth-order valence-corrected chi connectivity index (χ4v) is 2.52. The minimum atomic E-state index is -0.579. The van der Waals surface area contributed by atoms with Crippen molar-refractivity contribution in [1.29, 1.82) is 0 Å². The summed E-state index contributed by atoms with van der Waals surface area (Å²) < 4.78 is 15.3. The highest BCUT2D eigenvalue weighted by atomic mass is 16.5. The Kier molecular flexibility index (Phi) is 6.60. The third kappa shape index (κ3) is 4.53. The Morgan fingerprint density at radius 2 is 1.77 bits per heavy atom.